The fourth-order valence-corrected chi connectivity index (χ4v) is 3.91. The van der Waals surface area contributed by atoms with Crippen molar-refractivity contribution in [3.63, 3.8) is 0 Å². The number of fused-ring (bicyclic) bond motifs is 2. The molecule has 4 rings (SSSR count). The minimum atomic E-state index is -1.13. The number of ether oxygens (including phenoxy) is 1. The van der Waals surface area contributed by atoms with E-state index in [1.54, 1.807) is 12.1 Å². The second kappa shape index (κ2) is 6.49. The van der Waals surface area contributed by atoms with Crippen LogP contribution in [-0.2, 0) is 28.2 Å². The van der Waals surface area contributed by atoms with Crippen molar-refractivity contribution < 1.29 is 9.84 Å². The van der Waals surface area contributed by atoms with Crippen molar-refractivity contribution in [1.82, 2.24) is 18.3 Å². The molecule has 156 valence electrons. The Kier molecular flexibility index (Phi) is 4.28. The topological polar surface area (TPSA) is 117 Å². The molecule has 1 aliphatic heterocycles. The minimum absolute atomic E-state index is 0.0274. The van der Waals surface area contributed by atoms with E-state index in [-0.39, 0.29) is 22.8 Å². The number of halogens is 1. The molecular weight excluding hydrogens is 416 g/mol. The van der Waals surface area contributed by atoms with Crippen molar-refractivity contribution in [1.29, 1.82) is 0 Å². The second-order valence-electron chi connectivity index (χ2n) is 7.08. The van der Waals surface area contributed by atoms with Gasteiger partial charge in [0.1, 0.15) is 5.75 Å². The van der Waals surface area contributed by atoms with Crippen LogP contribution in [0.5, 0.6) is 17.5 Å². The molecule has 0 spiro atoms. The zero-order valence-electron chi connectivity index (χ0n) is 16.5. The highest BCUT2D eigenvalue weighted by atomic mass is 35.5. The highest BCUT2D eigenvalue weighted by Gasteiger charge is 2.38. The number of aromatic hydroxyl groups is 1. The molecule has 10 nitrogen and oxygen atoms in total. The van der Waals surface area contributed by atoms with Crippen LogP contribution in [0.2, 0.25) is 5.02 Å². The number of hydrogen-bond acceptors (Lipinski definition) is 6. The lowest BCUT2D eigenvalue weighted by molar-refractivity contribution is 0.381. The Bertz CT molecular complexity index is 1450. The van der Waals surface area contributed by atoms with Crippen LogP contribution >= 0.6 is 11.6 Å². The van der Waals surface area contributed by atoms with Crippen LogP contribution in [0.4, 0.5) is 0 Å². The third-order valence-corrected chi connectivity index (χ3v) is 5.61. The molecule has 0 aliphatic carbocycles. The SMILES string of the molecule is Cn1c(O)c(C2c3cc(Cl)ccc3Oc3c2c(=O)n(C)c(=O)n3C)c(=O)n(C)c1=O. The summed E-state index contributed by atoms with van der Waals surface area (Å²) in [5.41, 5.74) is -2.71. The Morgan fingerprint density at radius 3 is 2.07 bits per heavy atom. The van der Waals surface area contributed by atoms with Crippen LogP contribution < -0.4 is 27.2 Å². The van der Waals surface area contributed by atoms with Crippen LogP contribution in [0.3, 0.4) is 0 Å². The van der Waals surface area contributed by atoms with Gasteiger partial charge in [0.15, 0.2) is 0 Å². The van der Waals surface area contributed by atoms with Gasteiger partial charge in [-0.2, -0.15) is 0 Å². The van der Waals surface area contributed by atoms with Crippen molar-refractivity contribution >= 4 is 11.6 Å². The number of nitrogens with zero attached hydrogens (tertiary/aromatic N) is 4. The first kappa shape index (κ1) is 19.8. The van der Waals surface area contributed by atoms with Gasteiger partial charge in [-0.15, -0.1) is 0 Å². The van der Waals surface area contributed by atoms with Gasteiger partial charge in [-0.1, -0.05) is 11.6 Å². The predicted molar refractivity (Wildman–Crippen MR) is 108 cm³/mol. The molecule has 3 aromatic rings. The van der Waals surface area contributed by atoms with E-state index in [1.165, 1.54) is 34.3 Å². The van der Waals surface area contributed by atoms with Crippen LogP contribution in [0.1, 0.15) is 22.6 Å². The molecule has 0 radical (unpaired) electrons. The molecule has 11 heteroatoms. The van der Waals surface area contributed by atoms with Gasteiger partial charge in [-0.05, 0) is 18.2 Å². The molecule has 30 heavy (non-hydrogen) atoms. The molecule has 0 fully saturated rings. The molecule has 1 aromatic carbocycles. The average Bonchev–Trinajstić information content (AvgIpc) is 2.73. The zero-order chi connectivity index (χ0) is 22.1. The number of rotatable bonds is 1. The lowest BCUT2D eigenvalue weighted by Gasteiger charge is -2.29. The van der Waals surface area contributed by atoms with Gasteiger partial charge in [0.05, 0.1) is 17.0 Å². The van der Waals surface area contributed by atoms with E-state index in [2.05, 4.69) is 0 Å². The number of aromatic nitrogens is 4. The van der Waals surface area contributed by atoms with E-state index >= 15 is 0 Å². The Labute approximate surface area is 173 Å². The summed E-state index contributed by atoms with van der Waals surface area (Å²) in [6.07, 6.45) is 0. The highest BCUT2D eigenvalue weighted by Crippen LogP contribution is 2.46. The minimum Gasteiger partial charge on any atom is -0.494 e. The second-order valence-corrected chi connectivity index (χ2v) is 7.52. The molecule has 0 bridgehead atoms. The van der Waals surface area contributed by atoms with Gasteiger partial charge in [0.2, 0.25) is 11.8 Å². The van der Waals surface area contributed by atoms with E-state index in [4.69, 9.17) is 16.3 Å². The normalized spacial score (nSPS) is 14.8. The maximum atomic E-state index is 13.1. The van der Waals surface area contributed by atoms with Gasteiger partial charge >= 0.3 is 11.4 Å². The van der Waals surface area contributed by atoms with E-state index in [1.807, 2.05) is 0 Å². The van der Waals surface area contributed by atoms with Gasteiger partial charge in [0, 0.05) is 38.8 Å². The van der Waals surface area contributed by atoms with Crippen LogP contribution in [0, 0.1) is 0 Å². The quantitative estimate of drug-likeness (QED) is 0.456. The van der Waals surface area contributed by atoms with E-state index < -0.39 is 34.3 Å². The predicted octanol–water partition coefficient (Wildman–Crippen LogP) is 0.126. The highest BCUT2D eigenvalue weighted by molar-refractivity contribution is 6.30. The number of hydrogen-bond donors (Lipinski definition) is 1. The van der Waals surface area contributed by atoms with Crippen molar-refractivity contribution in [2.45, 2.75) is 5.92 Å². The van der Waals surface area contributed by atoms with E-state index in [0.29, 0.717) is 10.6 Å². The van der Waals surface area contributed by atoms with Crippen molar-refractivity contribution in [3.8, 4) is 17.5 Å². The summed E-state index contributed by atoms with van der Waals surface area (Å²) < 4.78 is 9.59. The van der Waals surface area contributed by atoms with Crippen molar-refractivity contribution in [2.75, 3.05) is 0 Å². The molecule has 1 unspecified atom stereocenters. The molecule has 1 atom stereocenters. The summed E-state index contributed by atoms with van der Waals surface area (Å²) in [6, 6.07) is 4.61. The first-order valence-electron chi connectivity index (χ1n) is 8.82. The summed E-state index contributed by atoms with van der Waals surface area (Å²) in [7, 11) is 5.30. The average molecular weight is 433 g/mol. The largest absolute Gasteiger partial charge is 0.494 e. The molecule has 3 heterocycles. The van der Waals surface area contributed by atoms with Gasteiger partial charge in [-0.3, -0.25) is 27.9 Å². The third kappa shape index (κ3) is 2.50. The van der Waals surface area contributed by atoms with Crippen molar-refractivity contribution in [3.05, 3.63) is 81.6 Å². The van der Waals surface area contributed by atoms with Crippen molar-refractivity contribution in [2.24, 2.45) is 28.2 Å². The Morgan fingerprint density at radius 1 is 0.867 bits per heavy atom. The molecule has 0 saturated carbocycles. The lowest BCUT2D eigenvalue weighted by atomic mass is 9.84. The smallest absolute Gasteiger partial charge is 0.333 e. The summed E-state index contributed by atoms with van der Waals surface area (Å²) in [6.45, 7) is 0. The van der Waals surface area contributed by atoms with E-state index in [9.17, 15) is 24.3 Å². The monoisotopic (exact) mass is 432 g/mol. The zero-order valence-corrected chi connectivity index (χ0v) is 17.2. The summed E-state index contributed by atoms with van der Waals surface area (Å²) in [5.74, 6) is -1.52. The Morgan fingerprint density at radius 2 is 1.43 bits per heavy atom. The first-order valence-corrected chi connectivity index (χ1v) is 9.20. The number of benzene rings is 1. The fourth-order valence-electron chi connectivity index (χ4n) is 3.73. The summed E-state index contributed by atoms with van der Waals surface area (Å²) in [4.78, 5) is 50.8. The van der Waals surface area contributed by atoms with Crippen LogP contribution in [0.25, 0.3) is 0 Å². The standard InChI is InChI=1S/C19H17ClN4O6/c1-21-14(25)12(15(26)22(2)18(21)28)11-9-7-8(20)5-6-10(9)30-17-13(11)16(27)23(3)19(29)24(17)4/h5-7,11,25H,1-4H3. The third-order valence-electron chi connectivity index (χ3n) is 5.38. The summed E-state index contributed by atoms with van der Waals surface area (Å²) in [5, 5.41) is 11.1. The first-order chi connectivity index (χ1) is 14.1. The van der Waals surface area contributed by atoms with Crippen LogP contribution in [-0.4, -0.2) is 23.4 Å². The Balaban J connectivity index is 2.25. The summed E-state index contributed by atoms with van der Waals surface area (Å²) >= 11 is 6.16. The molecule has 2 aromatic heterocycles. The molecule has 0 saturated heterocycles. The maximum Gasteiger partial charge on any atom is 0.333 e. The van der Waals surface area contributed by atoms with Gasteiger partial charge in [-0.25, -0.2) is 9.59 Å². The lowest BCUT2D eigenvalue weighted by Crippen LogP contribution is -2.44. The molecule has 1 aliphatic rings. The van der Waals surface area contributed by atoms with Gasteiger partial charge in [0.25, 0.3) is 11.1 Å². The van der Waals surface area contributed by atoms with Crippen LogP contribution in [0.15, 0.2) is 37.4 Å². The molecule has 1 N–H and O–H groups in total. The maximum absolute atomic E-state index is 13.1. The molecular formula is C19H17ClN4O6. The fraction of sp³-hybridized carbons (Fsp3) is 0.263. The van der Waals surface area contributed by atoms with E-state index in [0.717, 1.165) is 18.3 Å². The molecule has 0 amide bonds. The Hall–Kier alpha value is -3.53. The van der Waals surface area contributed by atoms with Gasteiger partial charge < -0.3 is 9.84 Å².